The lowest BCUT2D eigenvalue weighted by atomic mass is 9.93. The zero-order valence-corrected chi connectivity index (χ0v) is 14.0. The Hall–Kier alpha value is -1.85. The molecule has 23 heavy (non-hydrogen) atoms. The van der Waals surface area contributed by atoms with Crippen LogP contribution < -0.4 is 5.32 Å². The Bertz CT molecular complexity index is 591. The van der Waals surface area contributed by atoms with Crippen LogP contribution in [0.2, 0.25) is 0 Å². The highest BCUT2D eigenvalue weighted by Crippen LogP contribution is 2.25. The van der Waals surface area contributed by atoms with Gasteiger partial charge in [-0.25, -0.2) is 4.98 Å². The van der Waals surface area contributed by atoms with Gasteiger partial charge < -0.3 is 14.8 Å². The molecule has 0 aromatic carbocycles. The highest BCUT2D eigenvalue weighted by atomic mass is 16.2. The van der Waals surface area contributed by atoms with E-state index in [0.717, 1.165) is 43.9 Å². The summed E-state index contributed by atoms with van der Waals surface area (Å²) >= 11 is 0. The van der Waals surface area contributed by atoms with Gasteiger partial charge in [0.15, 0.2) is 0 Å². The van der Waals surface area contributed by atoms with Crippen LogP contribution in [0.25, 0.3) is 0 Å². The van der Waals surface area contributed by atoms with Crippen LogP contribution in [0.5, 0.6) is 0 Å². The van der Waals surface area contributed by atoms with Gasteiger partial charge in [0, 0.05) is 31.7 Å². The number of carbonyl (C=O) groups excluding carboxylic acids is 2. The van der Waals surface area contributed by atoms with E-state index in [4.69, 9.17) is 0 Å². The van der Waals surface area contributed by atoms with Gasteiger partial charge in [-0.3, -0.25) is 9.59 Å². The van der Waals surface area contributed by atoms with Crippen molar-refractivity contribution in [3.63, 3.8) is 0 Å². The van der Waals surface area contributed by atoms with Gasteiger partial charge in [0.1, 0.15) is 5.82 Å². The summed E-state index contributed by atoms with van der Waals surface area (Å²) in [6.45, 7) is 5.51. The SMILES string of the molecule is CCCC(=O)N1CCn2cc(CC(=O)NC3CCC3)nc2[C@@H]1C. The van der Waals surface area contributed by atoms with Gasteiger partial charge in [-0.2, -0.15) is 0 Å². The molecule has 6 nitrogen and oxygen atoms in total. The van der Waals surface area contributed by atoms with E-state index in [2.05, 4.69) is 14.9 Å². The molecule has 1 aromatic rings. The summed E-state index contributed by atoms with van der Waals surface area (Å²) < 4.78 is 2.09. The second-order valence-corrected chi connectivity index (χ2v) is 6.67. The van der Waals surface area contributed by atoms with Crippen molar-refractivity contribution >= 4 is 11.8 Å². The van der Waals surface area contributed by atoms with Gasteiger partial charge in [-0.1, -0.05) is 6.92 Å². The summed E-state index contributed by atoms with van der Waals surface area (Å²) in [5, 5.41) is 3.05. The Morgan fingerprint density at radius 2 is 2.13 bits per heavy atom. The predicted molar refractivity (Wildman–Crippen MR) is 86.7 cm³/mol. The lowest BCUT2D eigenvalue weighted by molar-refractivity contribution is -0.134. The van der Waals surface area contributed by atoms with E-state index in [-0.39, 0.29) is 17.9 Å². The number of amides is 2. The van der Waals surface area contributed by atoms with Crippen molar-refractivity contribution in [2.75, 3.05) is 6.54 Å². The molecule has 2 aliphatic rings. The van der Waals surface area contributed by atoms with Gasteiger partial charge in [0.2, 0.25) is 11.8 Å². The van der Waals surface area contributed by atoms with E-state index in [1.807, 2.05) is 24.9 Å². The first-order valence-corrected chi connectivity index (χ1v) is 8.73. The first-order chi connectivity index (χ1) is 11.1. The van der Waals surface area contributed by atoms with E-state index >= 15 is 0 Å². The van der Waals surface area contributed by atoms with Crippen LogP contribution in [0.15, 0.2) is 6.20 Å². The number of nitrogens with zero attached hydrogens (tertiary/aromatic N) is 3. The lowest BCUT2D eigenvalue weighted by Crippen LogP contribution is -2.40. The Kier molecular flexibility index (Phi) is 4.68. The van der Waals surface area contributed by atoms with Gasteiger partial charge in [-0.15, -0.1) is 0 Å². The average Bonchev–Trinajstić information content (AvgIpc) is 2.87. The van der Waals surface area contributed by atoms with E-state index in [9.17, 15) is 9.59 Å². The first-order valence-electron chi connectivity index (χ1n) is 8.73. The summed E-state index contributed by atoms with van der Waals surface area (Å²) in [4.78, 5) is 30.8. The Morgan fingerprint density at radius 3 is 2.78 bits per heavy atom. The van der Waals surface area contributed by atoms with E-state index in [1.165, 1.54) is 6.42 Å². The molecule has 3 rings (SSSR count). The fourth-order valence-corrected chi connectivity index (χ4v) is 3.33. The minimum atomic E-state index is -0.0220. The smallest absolute Gasteiger partial charge is 0.226 e. The van der Waals surface area contributed by atoms with Crippen LogP contribution in [0.4, 0.5) is 0 Å². The largest absolute Gasteiger partial charge is 0.353 e. The van der Waals surface area contributed by atoms with Crippen LogP contribution in [0.3, 0.4) is 0 Å². The van der Waals surface area contributed by atoms with Crippen LogP contribution in [0.1, 0.15) is 63.5 Å². The Balaban J connectivity index is 1.65. The second-order valence-electron chi connectivity index (χ2n) is 6.67. The fourth-order valence-electron chi connectivity index (χ4n) is 3.33. The molecule has 126 valence electrons. The molecule has 0 radical (unpaired) electrons. The van der Waals surface area contributed by atoms with Crippen molar-refractivity contribution in [1.82, 2.24) is 19.8 Å². The van der Waals surface area contributed by atoms with E-state index < -0.39 is 0 Å². The molecule has 1 aliphatic heterocycles. The number of nitrogens with one attached hydrogen (secondary N) is 1. The van der Waals surface area contributed by atoms with Crippen LogP contribution in [-0.4, -0.2) is 38.9 Å². The number of fused-ring (bicyclic) bond motifs is 1. The van der Waals surface area contributed by atoms with Crippen LogP contribution >= 0.6 is 0 Å². The molecule has 6 heteroatoms. The second kappa shape index (κ2) is 6.72. The van der Waals surface area contributed by atoms with Crippen LogP contribution in [0, 0.1) is 0 Å². The summed E-state index contributed by atoms with van der Waals surface area (Å²) in [6, 6.07) is 0.340. The van der Waals surface area contributed by atoms with Gasteiger partial charge in [0.25, 0.3) is 0 Å². The molecule has 1 fully saturated rings. The molecule has 0 unspecified atom stereocenters. The van der Waals surface area contributed by atoms with Gasteiger partial charge in [-0.05, 0) is 32.6 Å². The van der Waals surface area contributed by atoms with Gasteiger partial charge >= 0.3 is 0 Å². The van der Waals surface area contributed by atoms with E-state index in [1.54, 1.807) is 0 Å². The third-order valence-corrected chi connectivity index (χ3v) is 4.88. The standard InChI is InChI=1S/C17H26N4O2/c1-3-5-16(23)21-9-8-20-11-14(19-17(20)12(21)2)10-15(22)18-13-6-4-7-13/h11-13H,3-10H2,1-2H3,(H,18,22)/t12-/m0/s1. The lowest BCUT2D eigenvalue weighted by Gasteiger charge is -2.33. The quantitative estimate of drug-likeness (QED) is 0.900. The molecule has 1 aromatic heterocycles. The number of imidazole rings is 1. The summed E-state index contributed by atoms with van der Waals surface area (Å²) in [5.41, 5.74) is 0.800. The van der Waals surface area contributed by atoms with Crippen LogP contribution in [-0.2, 0) is 22.6 Å². The maximum Gasteiger partial charge on any atom is 0.226 e. The van der Waals surface area contributed by atoms with Crippen molar-refractivity contribution < 1.29 is 9.59 Å². The molecule has 2 heterocycles. The zero-order chi connectivity index (χ0) is 16.4. The minimum absolute atomic E-state index is 0.0220. The Labute approximate surface area is 137 Å². The number of hydrogen-bond acceptors (Lipinski definition) is 3. The fraction of sp³-hybridized carbons (Fsp3) is 0.706. The molecule has 0 bridgehead atoms. The summed E-state index contributed by atoms with van der Waals surface area (Å²) in [7, 11) is 0. The molecule has 0 saturated heterocycles. The highest BCUT2D eigenvalue weighted by Gasteiger charge is 2.29. The number of hydrogen-bond donors (Lipinski definition) is 1. The maximum atomic E-state index is 12.2. The summed E-state index contributed by atoms with van der Waals surface area (Å²) in [5.74, 6) is 1.14. The van der Waals surface area contributed by atoms with E-state index in [0.29, 0.717) is 18.9 Å². The average molecular weight is 318 g/mol. The predicted octanol–water partition coefficient (Wildman–Crippen LogP) is 1.80. The van der Waals surface area contributed by atoms with Crippen molar-refractivity contribution in [2.45, 2.75) is 71.0 Å². The highest BCUT2D eigenvalue weighted by molar-refractivity contribution is 5.78. The third-order valence-electron chi connectivity index (χ3n) is 4.88. The molecule has 1 atom stereocenters. The van der Waals surface area contributed by atoms with Crippen molar-refractivity contribution in [1.29, 1.82) is 0 Å². The molecule has 1 aliphatic carbocycles. The molecule has 0 spiro atoms. The molecule has 2 amide bonds. The van der Waals surface area contributed by atoms with Crippen molar-refractivity contribution in [3.8, 4) is 0 Å². The topological polar surface area (TPSA) is 67.2 Å². The number of rotatable bonds is 5. The normalized spacial score (nSPS) is 20.8. The number of carbonyl (C=O) groups is 2. The monoisotopic (exact) mass is 318 g/mol. The first kappa shape index (κ1) is 16.0. The van der Waals surface area contributed by atoms with Crippen molar-refractivity contribution in [3.05, 3.63) is 17.7 Å². The van der Waals surface area contributed by atoms with Gasteiger partial charge in [0.05, 0.1) is 18.2 Å². The molecule has 1 saturated carbocycles. The zero-order valence-electron chi connectivity index (χ0n) is 14.0. The molecule has 1 N–H and O–H groups in total. The minimum Gasteiger partial charge on any atom is -0.353 e. The maximum absolute atomic E-state index is 12.2. The summed E-state index contributed by atoms with van der Waals surface area (Å²) in [6.07, 6.45) is 7.14. The molecular formula is C17H26N4O2. The van der Waals surface area contributed by atoms with Crippen molar-refractivity contribution in [2.24, 2.45) is 0 Å². The third kappa shape index (κ3) is 3.41. The number of aromatic nitrogens is 2. The Morgan fingerprint density at radius 1 is 1.35 bits per heavy atom. The molecular weight excluding hydrogens is 292 g/mol.